The molecule has 0 amide bonds. The van der Waals surface area contributed by atoms with Gasteiger partial charge in [-0.15, -0.1) is 5.10 Å². The summed E-state index contributed by atoms with van der Waals surface area (Å²) in [6.45, 7) is 6.17. The molecule has 0 spiro atoms. The number of carbonyl (C=O) groups excluding carboxylic acids is 1. The molecule has 6 heteroatoms. The molecule has 0 N–H and O–H groups in total. The van der Waals surface area contributed by atoms with Gasteiger partial charge in [0, 0.05) is 17.3 Å². The van der Waals surface area contributed by atoms with Gasteiger partial charge in [0.2, 0.25) is 0 Å². The molecule has 0 bridgehead atoms. The molecule has 0 atom stereocenters. The van der Waals surface area contributed by atoms with Crippen LogP contribution in [0.3, 0.4) is 0 Å². The zero-order chi connectivity index (χ0) is 16.4. The average molecular weight is 310 g/mol. The number of benzene rings is 1. The van der Waals surface area contributed by atoms with Crippen molar-refractivity contribution in [1.29, 1.82) is 0 Å². The van der Waals surface area contributed by atoms with E-state index in [0.29, 0.717) is 5.78 Å². The molecule has 3 aromatic rings. The minimum atomic E-state index is -0.543. The fraction of sp³-hybridized carbons (Fsp3) is 0.294. The smallest absolute Gasteiger partial charge is 0.378 e. The van der Waals surface area contributed by atoms with Gasteiger partial charge in [-0.2, -0.15) is 4.98 Å². The van der Waals surface area contributed by atoms with E-state index in [9.17, 15) is 4.79 Å². The predicted octanol–water partition coefficient (Wildman–Crippen LogP) is 2.57. The summed E-state index contributed by atoms with van der Waals surface area (Å²) in [7, 11) is 0. The number of aryl methyl sites for hydroxylation is 1. The van der Waals surface area contributed by atoms with Crippen molar-refractivity contribution < 1.29 is 9.53 Å². The Kier molecular flexibility index (Phi) is 3.82. The topological polar surface area (TPSA) is 69.4 Å². The fourth-order valence-corrected chi connectivity index (χ4v) is 2.28. The van der Waals surface area contributed by atoms with Crippen molar-refractivity contribution in [3.8, 4) is 0 Å². The molecule has 0 aliphatic rings. The Morgan fingerprint density at radius 1 is 1.22 bits per heavy atom. The Morgan fingerprint density at radius 3 is 2.65 bits per heavy atom. The van der Waals surface area contributed by atoms with Gasteiger partial charge in [-0.1, -0.05) is 44.2 Å². The van der Waals surface area contributed by atoms with Crippen molar-refractivity contribution in [2.45, 2.75) is 26.2 Å². The maximum absolute atomic E-state index is 12.2. The minimum Gasteiger partial charge on any atom is -0.459 e. The van der Waals surface area contributed by atoms with Crippen molar-refractivity contribution in [3.05, 3.63) is 59.7 Å². The molecule has 0 saturated carbocycles. The maximum Gasteiger partial charge on any atom is 0.378 e. The van der Waals surface area contributed by atoms with Crippen LogP contribution in [0.25, 0.3) is 5.78 Å². The van der Waals surface area contributed by atoms with Crippen LogP contribution in [0, 0.1) is 6.92 Å². The molecule has 0 aliphatic carbocycles. The molecule has 23 heavy (non-hydrogen) atoms. The van der Waals surface area contributed by atoms with Gasteiger partial charge in [0.05, 0.1) is 0 Å². The van der Waals surface area contributed by atoms with Crippen LogP contribution in [0.4, 0.5) is 0 Å². The largest absolute Gasteiger partial charge is 0.459 e. The summed E-state index contributed by atoms with van der Waals surface area (Å²) in [5, 5.41) is 4.15. The predicted molar refractivity (Wildman–Crippen MR) is 85.3 cm³/mol. The van der Waals surface area contributed by atoms with E-state index in [1.165, 1.54) is 4.52 Å². The molecule has 118 valence electrons. The van der Waals surface area contributed by atoms with Gasteiger partial charge in [-0.05, 0) is 18.6 Å². The Morgan fingerprint density at radius 2 is 1.96 bits per heavy atom. The highest BCUT2D eigenvalue weighted by Gasteiger charge is 2.24. The molecule has 0 aliphatic heterocycles. The highest BCUT2D eigenvalue weighted by molar-refractivity contribution is 5.85. The Balaban J connectivity index is 1.75. The van der Waals surface area contributed by atoms with Gasteiger partial charge in [0.15, 0.2) is 0 Å². The molecule has 3 rings (SSSR count). The number of fused-ring (bicyclic) bond motifs is 1. The summed E-state index contributed by atoms with van der Waals surface area (Å²) in [5.74, 6) is -0.131. The van der Waals surface area contributed by atoms with Crippen LogP contribution >= 0.6 is 0 Å². The second-order valence-electron chi connectivity index (χ2n) is 6.06. The molecule has 0 unspecified atom stereocenters. The lowest BCUT2D eigenvalue weighted by Gasteiger charge is -2.24. The number of ether oxygens (including phenoxy) is 1. The van der Waals surface area contributed by atoms with Crippen molar-refractivity contribution in [3.63, 3.8) is 0 Å². The van der Waals surface area contributed by atoms with E-state index in [0.717, 1.165) is 11.3 Å². The number of esters is 1. The number of hydrogen-bond donors (Lipinski definition) is 0. The number of aromatic nitrogens is 4. The van der Waals surface area contributed by atoms with Crippen molar-refractivity contribution in [2.75, 3.05) is 6.61 Å². The Labute approximate surface area is 134 Å². The van der Waals surface area contributed by atoms with Gasteiger partial charge in [-0.3, -0.25) is 0 Å². The zero-order valence-electron chi connectivity index (χ0n) is 13.4. The van der Waals surface area contributed by atoms with Crippen LogP contribution in [-0.4, -0.2) is 32.2 Å². The minimum absolute atomic E-state index is 0.0238. The molecule has 2 heterocycles. The number of rotatable bonds is 4. The molecular weight excluding hydrogens is 292 g/mol. The quantitative estimate of drug-likeness (QED) is 0.693. The van der Waals surface area contributed by atoms with Gasteiger partial charge < -0.3 is 4.74 Å². The molecule has 1 aromatic carbocycles. The van der Waals surface area contributed by atoms with Crippen molar-refractivity contribution in [1.82, 2.24) is 19.6 Å². The van der Waals surface area contributed by atoms with Gasteiger partial charge in [-0.25, -0.2) is 14.3 Å². The molecule has 0 fully saturated rings. The van der Waals surface area contributed by atoms with Crippen LogP contribution < -0.4 is 0 Å². The van der Waals surface area contributed by atoms with Gasteiger partial charge >= 0.3 is 5.97 Å². The fourth-order valence-electron chi connectivity index (χ4n) is 2.28. The second-order valence-corrected chi connectivity index (χ2v) is 6.06. The number of carbonyl (C=O) groups is 1. The van der Waals surface area contributed by atoms with E-state index in [-0.39, 0.29) is 17.8 Å². The van der Waals surface area contributed by atoms with Crippen LogP contribution in [0.2, 0.25) is 0 Å². The van der Waals surface area contributed by atoms with E-state index in [2.05, 4.69) is 15.1 Å². The molecule has 0 radical (unpaired) electrons. The second kappa shape index (κ2) is 5.79. The molecule has 6 nitrogen and oxygen atoms in total. The highest BCUT2D eigenvalue weighted by atomic mass is 16.5. The molecule has 2 aromatic heterocycles. The lowest BCUT2D eigenvalue weighted by molar-refractivity contribution is 0.0413. The number of nitrogens with zero attached hydrogens (tertiary/aromatic N) is 4. The third-order valence-corrected chi connectivity index (χ3v) is 3.73. The summed E-state index contributed by atoms with van der Waals surface area (Å²) in [5.41, 5.74) is 1.67. The van der Waals surface area contributed by atoms with Crippen LogP contribution in [-0.2, 0) is 10.2 Å². The van der Waals surface area contributed by atoms with E-state index < -0.39 is 5.97 Å². The van der Waals surface area contributed by atoms with E-state index in [1.807, 2.05) is 51.1 Å². The normalized spacial score (nSPS) is 11.6. The summed E-state index contributed by atoms with van der Waals surface area (Å²) >= 11 is 0. The summed E-state index contributed by atoms with van der Waals surface area (Å²) in [4.78, 5) is 20.4. The SMILES string of the molecule is Cc1ccnc2nc(C(=O)OCC(C)(C)c3ccccc3)nn12. The molecular formula is C17H18N4O2. The third-order valence-electron chi connectivity index (χ3n) is 3.73. The van der Waals surface area contributed by atoms with Crippen LogP contribution in [0.1, 0.15) is 35.7 Å². The first-order chi connectivity index (χ1) is 11.0. The van der Waals surface area contributed by atoms with Crippen molar-refractivity contribution >= 4 is 11.7 Å². The van der Waals surface area contributed by atoms with Gasteiger partial charge in [0.1, 0.15) is 6.61 Å². The van der Waals surface area contributed by atoms with E-state index in [1.54, 1.807) is 12.3 Å². The van der Waals surface area contributed by atoms with E-state index >= 15 is 0 Å². The first-order valence-corrected chi connectivity index (χ1v) is 7.38. The third kappa shape index (κ3) is 3.06. The Bertz CT molecular complexity index is 840. The summed E-state index contributed by atoms with van der Waals surface area (Å²) < 4.78 is 6.94. The lowest BCUT2D eigenvalue weighted by atomic mass is 9.86. The van der Waals surface area contributed by atoms with Gasteiger partial charge in [0.25, 0.3) is 11.6 Å². The zero-order valence-corrected chi connectivity index (χ0v) is 13.4. The van der Waals surface area contributed by atoms with Crippen LogP contribution in [0.5, 0.6) is 0 Å². The standard InChI is InChI=1S/C17H18N4O2/c1-12-9-10-18-16-19-14(20-21(12)16)15(22)23-11-17(2,3)13-7-5-4-6-8-13/h4-10H,11H2,1-3H3. The highest BCUT2D eigenvalue weighted by Crippen LogP contribution is 2.23. The Hall–Kier alpha value is -2.76. The molecule has 0 saturated heterocycles. The first kappa shape index (κ1) is 15.1. The number of hydrogen-bond acceptors (Lipinski definition) is 5. The summed E-state index contributed by atoms with van der Waals surface area (Å²) in [6.07, 6.45) is 1.63. The first-order valence-electron chi connectivity index (χ1n) is 7.38. The lowest BCUT2D eigenvalue weighted by Crippen LogP contribution is -2.26. The monoisotopic (exact) mass is 310 g/mol. The maximum atomic E-state index is 12.2. The average Bonchev–Trinajstić information content (AvgIpc) is 2.99. The van der Waals surface area contributed by atoms with Crippen molar-refractivity contribution in [2.24, 2.45) is 0 Å². The summed E-state index contributed by atoms with van der Waals surface area (Å²) in [6, 6.07) is 11.7. The van der Waals surface area contributed by atoms with Crippen LogP contribution in [0.15, 0.2) is 42.6 Å². The van der Waals surface area contributed by atoms with E-state index in [4.69, 9.17) is 4.74 Å².